The Bertz CT molecular complexity index is 792. The largest absolute Gasteiger partial charge is 0.497 e. The molecule has 0 unspecified atom stereocenters. The van der Waals surface area contributed by atoms with E-state index in [1.807, 2.05) is 76.2 Å². The standard InChI is InChI=1S/C16H12O2.2C2H6/c1-18-13-9-8-12-7-6-11-4-2-3-5-14(11)16(17)15(12)10-13;2*1-2/h2-10H,1H3;2*1-2H3. The maximum Gasteiger partial charge on any atom is 0.194 e. The van der Waals surface area contributed by atoms with Gasteiger partial charge in [-0.05, 0) is 22.9 Å². The highest BCUT2D eigenvalue weighted by Crippen LogP contribution is 2.19. The maximum absolute atomic E-state index is 12.5. The fourth-order valence-electron chi connectivity index (χ4n) is 2.18. The number of methoxy groups -OCH3 is 1. The van der Waals surface area contributed by atoms with Crippen molar-refractivity contribution in [3.63, 3.8) is 0 Å². The number of rotatable bonds is 1. The third-order valence-corrected chi connectivity index (χ3v) is 3.15. The summed E-state index contributed by atoms with van der Waals surface area (Å²) < 4.78 is 5.18. The smallest absolute Gasteiger partial charge is 0.194 e. The second-order valence-corrected chi connectivity index (χ2v) is 4.20. The van der Waals surface area contributed by atoms with Crippen LogP contribution in [0.5, 0.6) is 5.75 Å². The minimum atomic E-state index is 0.0458. The van der Waals surface area contributed by atoms with E-state index in [2.05, 4.69) is 0 Å². The normalized spacial score (nSPS) is 9.32. The summed E-state index contributed by atoms with van der Waals surface area (Å²) in [6, 6.07) is 17.2. The molecule has 0 aliphatic rings. The average Bonchev–Trinajstić information content (AvgIpc) is 2.76. The van der Waals surface area contributed by atoms with Gasteiger partial charge in [0.15, 0.2) is 5.43 Å². The minimum absolute atomic E-state index is 0.0458. The van der Waals surface area contributed by atoms with Crippen molar-refractivity contribution >= 4 is 21.5 Å². The van der Waals surface area contributed by atoms with E-state index in [4.69, 9.17) is 4.74 Å². The zero-order valence-corrected chi connectivity index (χ0v) is 14.0. The highest BCUT2D eigenvalue weighted by atomic mass is 16.5. The molecule has 3 rings (SSSR count). The molecule has 0 spiro atoms. The van der Waals surface area contributed by atoms with E-state index in [0.29, 0.717) is 11.1 Å². The van der Waals surface area contributed by atoms with Crippen LogP contribution >= 0.6 is 0 Å². The summed E-state index contributed by atoms with van der Waals surface area (Å²) in [4.78, 5) is 12.5. The van der Waals surface area contributed by atoms with Crippen molar-refractivity contribution < 1.29 is 4.74 Å². The zero-order chi connectivity index (χ0) is 16.5. The second-order valence-electron chi connectivity index (χ2n) is 4.20. The molecular weight excluding hydrogens is 272 g/mol. The summed E-state index contributed by atoms with van der Waals surface area (Å²) in [6.07, 6.45) is 0. The summed E-state index contributed by atoms with van der Waals surface area (Å²) in [5.74, 6) is 0.704. The van der Waals surface area contributed by atoms with Gasteiger partial charge in [-0.25, -0.2) is 0 Å². The molecule has 2 heteroatoms. The van der Waals surface area contributed by atoms with Gasteiger partial charge in [0.25, 0.3) is 0 Å². The van der Waals surface area contributed by atoms with Gasteiger partial charge in [0.2, 0.25) is 0 Å². The van der Waals surface area contributed by atoms with Gasteiger partial charge in [0.1, 0.15) is 5.75 Å². The van der Waals surface area contributed by atoms with Crippen LogP contribution in [0.3, 0.4) is 0 Å². The molecule has 0 radical (unpaired) electrons. The molecule has 0 N–H and O–H groups in total. The molecule has 0 heterocycles. The molecule has 116 valence electrons. The van der Waals surface area contributed by atoms with Gasteiger partial charge >= 0.3 is 0 Å². The molecule has 0 aliphatic carbocycles. The Balaban J connectivity index is 0.000000561. The molecule has 0 amide bonds. The van der Waals surface area contributed by atoms with E-state index in [1.165, 1.54) is 0 Å². The van der Waals surface area contributed by atoms with Gasteiger partial charge in [-0.2, -0.15) is 0 Å². The van der Waals surface area contributed by atoms with E-state index in [0.717, 1.165) is 16.2 Å². The molecule has 0 bridgehead atoms. The fourth-order valence-corrected chi connectivity index (χ4v) is 2.18. The van der Waals surface area contributed by atoms with Crippen LogP contribution < -0.4 is 10.2 Å². The molecule has 0 fully saturated rings. The van der Waals surface area contributed by atoms with E-state index in [1.54, 1.807) is 13.2 Å². The summed E-state index contributed by atoms with van der Waals surface area (Å²) in [5.41, 5.74) is 0.0458. The topological polar surface area (TPSA) is 26.3 Å². The number of fused-ring (bicyclic) bond motifs is 2. The van der Waals surface area contributed by atoms with E-state index in [9.17, 15) is 4.79 Å². The van der Waals surface area contributed by atoms with Gasteiger partial charge in [-0.3, -0.25) is 4.79 Å². The Labute approximate surface area is 132 Å². The van der Waals surface area contributed by atoms with Crippen LogP contribution in [-0.2, 0) is 0 Å². The number of hydrogen-bond acceptors (Lipinski definition) is 2. The van der Waals surface area contributed by atoms with Crippen molar-refractivity contribution in [2.45, 2.75) is 27.7 Å². The summed E-state index contributed by atoms with van der Waals surface area (Å²) in [6.45, 7) is 8.00. The van der Waals surface area contributed by atoms with Crippen molar-refractivity contribution in [1.82, 2.24) is 0 Å². The van der Waals surface area contributed by atoms with Crippen LogP contribution in [-0.4, -0.2) is 7.11 Å². The average molecular weight is 296 g/mol. The third kappa shape index (κ3) is 3.64. The highest BCUT2D eigenvalue weighted by molar-refractivity contribution is 5.93. The number of benzene rings is 2. The van der Waals surface area contributed by atoms with Crippen LogP contribution in [0, 0.1) is 0 Å². The third-order valence-electron chi connectivity index (χ3n) is 3.15. The summed E-state index contributed by atoms with van der Waals surface area (Å²) in [7, 11) is 1.60. The predicted octanol–water partition coefficient (Wildman–Crippen LogP) is 5.41. The SMILES string of the molecule is CC.CC.COc1ccc2ccc3ccccc3c(=O)c2c1. The van der Waals surface area contributed by atoms with Gasteiger partial charge in [0, 0.05) is 10.8 Å². The molecular formula is C20H24O2. The van der Waals surface area contributed by atoms with Crippen LogP contribution in [0.1, 0.15) is 27.7 Å². The lowest BCUT2D eigenvalue weighted by molar-refractivity contribution is 0.415. The van der Waals surface area contributed by atoms with E-state index in [-0.39, 0.29) is 5.43 Å². The lowest BCUT2D eigenvalue weighted by Crippen LogP contribution is -1.98. The minimum Gasteiger partial charge on any atom is -0.497 e. The molecule has 22 heavy (non-hydrogen) atoms. The Kier molecular flexibility index (Phi) is 7.11. The Morgan fingerprint density at radius 1 is 0.727 bits per heavy atom. The van der Waals surface area contributed by atoms with E-state index >= 15 is 0 Å². The van der Waals surface area contributed by atoms with Crippen LogP contribution in [0.2, 0.25) is 0 Å². The Morgan fingerprint density at radius 2 is 1.27 bits per heavy atom. The summed E-state index contributed by atoms with van der Waals surface area (Å²) >= 11 is 0. The van der Waals surface area contributed by atoms with Crippen molar-refractivity contribution in [3.8, 4) is 5.75 Å². The summed E-state index contributed by atoms with van der Waals surface area (Å²) in [5, 5.41) is 3.31. The Morgan fingerprint density at radius 3 is 1.91 bits per heavy atom. The first-order valence-electron chi connectivity index (χ1n) is 7.79. The molecule has 0 saturated heterocycles. The fraction of sp³-hybridized carbons (Fsp3) is 0.250. The molecule has 3 aromatic carbocycles. The maximum atomic E-state index is 12.5. The highest BCUT2D eigenvalue weighted by Gasteiger charge is 2.03. The van der Waals surface area contributed by atoms with Crippen LogP contribution in [0.4, 0.5) is 0 Å². The molecule has 0 aliphatic heterocycles. The second kappa shape index (κ2) is 8.83. The molecule has 3 aromatic rings. The first-order valence-corrected chi connectivity index (χ1v) is 7.79. The molecule has 0 saturated carbocycles. The molecule has 0 atom stereocenters. The first-order chi connectivity index (χ1) is 10.8. The van der Waals surface area contributed by atoms with Gasteiger partial charge in [-0.15, -0.1) is 0 Å². The molecule has 2 nitrogen and oxygen atoms in total. The van der Waals surface area contributed by atoms with Crippen LogP contribution in [0.25, 0.3) is 21.5 Å². The van der Waals surface area contributed by atoms with E-state index < -0.39 is 0 Å². The number of ether oxygens (including phenoxy) is 1. The van der Waals surface area contributed by atoms with Gasteiger partial charge < -0.3 is 4.74 Å². The number of hydrogen-bond donors (Lipinski definition) is 0. The van der Waals surface area contributed by atoms with Crippen molar-refractivity contribution in [3.05, 3.63) is 64.8 Å². The van der Waals surface area contributed by atoms with Crippen LogP contribution in [0.15, 0.2) is 59.4 Å². The first kappa shape index (κ1) is 17.7. The quantitative estimate of drug-likeness (QED) is 0.600. The predicted molar refractivity (Wildman–Crippen MR) is 97.0 cm³/mol. The van der Waals surface area contributed by atoms with Crippen molar-refractivity contribution in [1.29, 1.82) is 0 Å². The zero-order valence-electron chi connectivity index (χ0n) is 14.0. The van der Waals surface area contributed by atoms with Crippen molar-refractivity contribution in [2.24, 2.45) is 0 Å². The lowest BCUT2D eigenvalue weighted by Gasteiger charge is -1.99. The van der Waals surface area contributed by atoms with Crippen molar-refractivity contribution in [2.75, 3.05) is 7.11 Å². The van der Waals surface area contributed by atoms with Gasteiger partial charge in [-0.1, -0.05) is 70.2 Å². The monoisotopic (exact) mass is 296 g/mol. The Hall–Kier alpha value is -2.35. The lowest BCUT2D eigenvalue weighted by atomic mass is 10.1. The molecule has 0 aromatic heterocycles. The van der Waals surface area contributed by atoms with Gasteiger partial charge in [0.05, 0.1) is 7.11 Å².